The lowest BCUT2D eigenvalue weighted by molar-refractivity contribution is -0.159. The number of alkyl carbamates (subject to hydrolysis) is 1. The molecule has 0 heterocycles. The second-order valence-electron chi connectivity index (χ2n) is 6.51. The molecule has 0 unspecified atom stereocenters. The van der Waals surface area contributed by atoms with E-state index in [4.69, 9.17) is 30.5 Å². The van der Waals surface area contributed by atoms with E-state index in [1.807, 2.05) is 0 Å². The van der Waals surface area contributed by atoms with Crippen LogP contribution in [0.5, 0.6) is 0 Å². The number of nitrogens with one attached hydrogen (secondary N) is 1. The number of halogens is 1. The van der Waals surface area contributed by atoms with Crippen LogP contribution >= 0.6 is 11.6 Å². The smallest absolute Gasteiger partial charge is 0.408 e. The molecule has 0 spiro atoms. The molecule has 1 N–H and O–H groups in total. The molecule has 0 saturated carbocycles. The lowest BCUT2D eigenvalue weighted by Crippen LogP contribution is -2.45. The Morgan fingerprint density at radius 2 is 1.81 bits per heavy atom. The van der Waals surface area contributed by atoms with Gasteiger partial charge in [0.1, 0.15) is 11.6 Å². The number of amides is 1. The Balaban J connectivity index is 2.68. The summed E-state index contributed by atoms with van der Waals surface area (Å²) in [5.41, 5.74) is 0.134. The highest BCUT2D eigenvalue weighted by atomic mass is 35.5. The summed E-state index contributed by atoms with van der Waals surface area (Å²) in [7, 11) is 1.54. The average molecular weight is 388 g/mol. The standard InChI is InChI=1S/C18H26ClNO6/c1-18(2,3)26-17(22)20-15(11-13-5-7-14(19)8-6-13)16(21)25-12-24-10-9-23-4/h5-8,15H,9-12H2,1-4H3,(H,20,22)/t15-/m0/s1. The van der Waals surface area contributed by atoms with Crippen LogP contribution in [0.15, 0.2) is 24.3 Å². The van der Waals surface area contributed by atoms with Gasteiger partial charge in [0.25, 0.3) is 0 Å². The van der Waals surface area contributed by atoms with Gasteiger partial charge in [-0.1, -0.05) is 23.7 Å². The number of hydrogen-bond acceptors (Lipinski definition) is 6. The first kappa shape index (κ1) is 22.2. The van der Waals surface area contributed by atoms with Crippen LogP contribution in [0, 0.1) is 0 Å². The van der Waals surface area contributed by atoms with E-state index in [1.54, 1.807) is 52.1 Å². The van der Waals surface area contributed by atoms with Gasteiger partial charge in [0.2, 0.25) is 0 Å². The van der Waals surface area contributed by atoms with Gasteiger partial charge in [-0.15, -0.1) is 0 Å². The van der Waals surface area contributed by atoms with E-state index in [1.165, 1.54) is 0 Å². The normalized spacial score (nSPS) is 12.3. The first-order valence-corrected chi connectivity index (χ1v) is 8.56. The SMILES string of the molecule is COCCOCOC(=O)[C@H](Cc1ccc(Cl)cc1)NC(=O)OC(C)(C)C. The number of carbonyl (C=O) groups excluding carboxylic acids is 2. The number of methoxy groups -OCH3 is 1. The maximum atomic E-state index is 12.3. The number of benzene rings is 1. The van der Waals surface area contributed by atoms with Crippen LogP contribution in [0.1, 0.15) is 26.3 Å². The van der Waals surface area contributed by atoms with E-state index in [-0.39, 0.29) is 13.2 Å². The van der Waals surface area contributed by atoms with Gasteiger partial charge in [-0.25, -0.2) is 9.59 Å². The molecule has 8 heteroatoms. The fourth-order valence-electron chi connectivity index (χ4n) is 1.90. The molecule has 26 heavy (non-hydrogen) atoms. The molecular formula is C18H26ClNO6. The molecule has 1 amide bonds. The summed E-state index contributed by atoms with van der Waals surface area (Å²) in [5, 5.41) is 3.12. The van der Waals surface area contributed by atoms with Gasteiger partial charge in [0.15, 0.2) is 6.79 Å². The summed E-state index contributed by atoms with van der Waals surface area (Å²) in [6.07, 6.45) is -0.471. The maximum absolute atomic E-state index is 12.3. The quantitative estimate of drug-likeness (QED) is 0.398. The van der Waals surface area contributed by atoms with Gasteiger partial charge in [-0.05, 0) is 38.5 Å². The number of rotatable bonds is 9. The van der Waals surface area contributed by atoms with Crippen molar-refractivity contribution in [1.29, 1.82) is 0 Å². The molecule has 1 aromatic carbocycles. The largest absolute Gasteiger partial charge is 0.444 e. The summed E-state index contributed by atoms with van der Waals surface area (Å²) in [6, 6.07) is 6.04. The molecular weight excluding hydrogens is 362 g/mol. The molecule has 1 aromatic rings. The Morgan fingerprint density at radius 1 is 1.15 bits per heavy atom. The van der Waals surface area contributed by atoms with Gasteiger partial charge in [0.05, 0.1) is 13.2 Å². The van der Waals surface area contributed by atoms with Crippen molar-refractivity contribution in [3.05, 3.63) is 34.9 Å². The molecule has 146 valence electrons. The Hall–Kier alpha value is -1.83. The van der Waals surface area contributed by atoms with Crippen LogP contribution in [0.4, 0.5) is 4.79 Å². The third-order valence-electron chi connectivity index (χ3n) is 3.04. The Kier molecular flexibility index (Phi) is 9.40. The van der Waals surface area contributed by atoms with Crippen molar-refractivity contribution in [2.24, 2.45) is 0 Å². The van der Waals surface area contributed by atoms with Crippen molar-refractivity contribution >= 4 is 23.7 Å². The first-order chi connectivity index (χ1) is 12.2. The van der Waals surface area contributed by atoms with Crippen molar-refractivity contribution in [3.63, 3.8) is 0 Å². The van der Waals surface area contributed by atoms with E-state index in [2.05, 4.69) is 5.32 Å². The monoisotopic (exact) mass is 387 g/mol. The fraction of sp³-hybridized carbons (Fsp3) is 0.556. The molecule has 0 saturated heterocycles. The zero-order valence-corrected chi connectivity index (χ0v) is 16.3. The van der Waals surface area contributed by atoms with Gasteiger partial charge >= 0.3 is 12.1 Å². The second kappa shape index (κ2) is 11.0. The molecule has 0 aliphatic rings. The van der Waals surface area contributed by atoms with Crippen LogP contribution in [0.3, 0.4) is 0 Å². The van der Waals surface area contributed by atoms with Crippen molar-refractivity contribution < 1.29 is 28.5 Å². The predicted molar refractivity (Wildman–Crippen MR) is 97.1 cm³/mol. The van der Waals surface area contributed by atoms with Gasteiger partial charge in [0, 0.05) is 18.6 Å². The Morgan fingerprint density at radius 3 is 2.38 bits per heavy atom. The average Bonchev–Trinajstić information content (AvgIpc) is 2.54. The first-order valence-electron chi connectivity index (χ1n) is 8.18. The summed E-state index contributed by atoms with van der Waals surface area (Å²) in [4.78, 5) is 24.3. The van der Waals surface area contributed by atoms with Crippen molar-refractivity contribution in [3.8, 4) is 0 Å². The van der Waals surface area contributed by atoms with Crippen LogP contribution in [0.2, 0.25) is 5.02 Å². The predicted octanol–water partition coefficient (Wildman–Crippen LogP) is 2.94. The summed E-state index contributed by atoms with van der Waals surface area (Å²) in [6.45, 7) is 5.68. The van der Waals surface area contributed by atoms with Crippen LogP contribution in [-0.4, -0.2) is 50.8 Å². The van der Waals surface area contributed by atoms with Crippen molar-refractivity contribution in [1.82, 2.24) is 5.32 Å². The number of hydrogen-bond donors (Lipinski definition) is 1. The summed E-state index contributed by atoms with van der Waals surface area (Å²) in [5.74, 6) is -0.622. The Bertz CT molecular complexity index is 570. The van der Waals surface area contributed by atoms with Crippen molar-refractivity contribution in [2.45, 2.75) is 38.8 Å². The lowest BCUT2D eigenvalue weighted by atomic mass is 10.1. The van der Waals surface area contributed by atoms with E-state index < -0.39 is 23.7 Å². The number of esters is 1. The minimum atomic E-state index is -0.919. The topological polar surface area (TPSA) is 83.1 Å². The highest BCUT2D eigenvalue weighted by molar-refractivity contribution is 6.30. The zero-order chi connectivity index (χ0) is 19.6. The highest BCUT2D eigenvalue weighted by Crippen LogP contribution is 2.13. The minimum absolute atomic E-state index is 0.227. The molecule has 1 rings (SSSR count). The third-order valence-corrected chi connectivity index (χ3v) is 3.30. The molecule has 0 aliphatic heterocycles. The van der Waals surface area contributed by atoms with Crippen LogP contribution < -0.4 is 5.32 Å². The third kappa shape index (κ3) is 9.60. The zero-order valence-electron chi connectivity index (χ0n) is 15.5. The minimum Gasteiger partial charge on any atom is -0.444 e. The molecule has 0 radical (unpaired) electrons. The van der Waals surface area contributed by atoms with E-state index >= 15 is 0 Å². The maximum Gasteiger partial charge on any atom is 0.408 e. The van der Waals surface area contributed by atoms with Crippen LogP contribution in [-0.2, 0) is 30.2 Å². The number of ether oxygens (including phenoxy) is 4. The van der Waals surface area contributed by atoms with Crippen molar-refractivity contribution in [2.75, 3.05) is 27.1 Å². The highest BCUT2D eigenvalue weighted by Gasteiger charge is 2.26. The van der Waals surface area contributed by atoms with E-state index in [0.29, 0.717) is 18.2 Å². The Labute approximate surface area is 158 Å². The second-order valence-corrected chi connectivity index (χ2v) is 6.95. The van der Waals surface area contributed by atoms with Gasteiger partial charge in [-0.2, -0.15) is 0 Å². The van der Waals surface area contributed by atoms with E-state index in [0.717, 1.165) is 5.56 Å². The van der Waals surface area contributed by atoms with E-state index in [9.17, 15) is 9.59 Å². The lowest BCUT2D eigenvalue weighted by Gasteiger charge is -2.23. The molecule has 0 bridgehead atoms. The molecule has 1 atom stereocenters. The summed E-state index contributed by atoms with van der Waals surface area (Å²) < 4.78 is 20.2. The number of carbonyl (C=O) groups is 2. The van der Waals surface area contributed by atoms with Gasteiger partial charge in [-0.3, -0.25) is 0 Å². The molecule has 0 aromatic heterocycles. The van der Waals surface area contributed by atoms with Crippen LogP contribution in [0.25, 0.3) is 0 Å². The molecule has 0 aliphatic carbocycles. The molecule has 7 nitrogen and oxygen atoms in total. The fourth-order valence-corrected chi connectivity index (χ4v) is 2.03. The molecule has 0 fully saturated rings. The summed E-state index contributed by atoms with van der Waals surface area (Å²) >= 11 is 5.87. The van der Waals surface area contributed by atoms with Gasteiger partial charge < -0.3 is 24.3 Å².